The second-order valence-corrected chi connectivity index (χ2v) is 8.56. The molecule has 1 saturated heterocycles. The SMILES string of the molecule is CCCOc1cccc(/C(O)=C2\C(=O)C(=O)N(CCN(CC)CC)C2c2ccc(O)c(OCC)c2)c1. The first-order valence-electron chi connectivity index (χ1n) is 12.6. The molecule has 0 spiro atoms. The summed E-state index contributed by atoms with van der Waals surface area (Å²) in [5, 5.41) is 21.6. The fourth-order valence-electron chi connectivity index (χ4n) is 4.33. The summed E-state index contributed by atoms with van der Waals surface area (Å²) in [6.45, 7) is 11.2. The van der Waals surface area contributed by atoms with Crippen LogP contribution in [0, 0.1) is 0 Å². The van der Waals surface area contributed by atoms with Crippen LogP contribution >= 0.6 is 0 Å². The van der Waals surface area contributed by atoms with E-state index in [1.165, 1.54) is 11.0 Å². The molecule has 36 heavy (non-hydrogen) atoms. The fourth-order valence-corrected chi connectivity index (χ4v) is 4.33. The summed E-state index contributed by atoms with van der Waals surface area (Å²) in [4.78, 5) is 30.2. The maximum absolute atomic E-state index is 13.3. The van der Waals surface area contributed by atoms with E-state index in [9.17, 15) is 19.8 Å². The van der Waals surface area contributed by atoms with Gasteiger partial charge in [-0.15, -0.1) is 0 Å². The minimum absolute atomic E-state index is 0.000303. The van der Waals surface area contributed by atoms with Crippen LogP contribution in [0.4, 0.5) is 0 Å². The lowest BCUT2D eigenvalue weighted by Crippen LogP contribution is -2.38. The molecule has 2 N–H and O–H groups in total. The van der Waals surface area contributed by atoms with Crippen molar-refractivity contribution in [3.63, 3.8) is 0 Å². The van der Waals surface area contributed by atoms with E-state index in [4.69, 9.17) is 9.47 Å². The van der Waals surface area contributed by atoms with Gasteiger partial charge in [-0.05, 0) is 56.3 Å². The van der Waals surface area contributed by atoms with Crippen molar-refractivity contribution >= 4 is 17.4 Å². The van der Waals surface area contributed by atoms with Crippen molar-refractivity contribution in [3.05, 3.63) is 59.2 Å². The molecule has 0 aromatic heterocycles. The lowest BCUT2D eigenvalue weighted by atomic mass is 9.95. The van der Waals surface area contributed by atoms with Crippen LogP contribution in [-0.2, 0) is 9.59 Å². The van der Waals surface area contributed by atoms with Gasteiger partial charge in [0, 0.05) is 18.7 Å². The number of aliphatic hydroxyl groups is 1. The minimum Gasteiger partial charge on any atom is -0.507 e. The number of ether oxygens (including phenoxy) is 2. The number of phenolic OH excluding ortho intramolecular Hbond substituents is 1. The van der Waals surface area contributed by atoms with Crippen LogP contribution < -0.4 is 9.47 Å². The Morgan fingerprint density at radius 3 is 2.44 bits per heavy atom. The third-order valence-corrected chi connectivity index (χ3v) is 6.27. The fraction of sp³-hybridized carbons (Fsp3) is 0.429. The van der Waals surface area contributed by atoms with Crippen LogP contribution in [0.5, 0.6) is 17.2 Å². The molecular formula is C28H36N2O6. The number of likely N-dealkylation sites (tertiary alicyclic amines) is 1. The topological polar surface area (TPSA) is 99.5 Å². The summed E-state index contributed by atoms with van der Waals surface area (Å²) < 4.78 is 11.2. The molecule has 2 aromatic carbocycles. The Balaban J connectivity index is 2.12. The van der Waals surface area contributed by atoms with Gasteiger partial charge in [0.2, 0.25) is 0 Å². The number of rotatable bonds is 12. The highest BCUT2D eigenvalue weighted by Gasteiger charge is 2.46. The predicted octanol–water partition coefficient (Wildman–Crippen LogP) is 4.34. The van der Waals surface area contributed by atoms with Crippen molar-refractivity contribution in [3.8, 4) is 17.2 Å². The largest absolute Gasteiger partial charge is 0.507 e. The van der Waals surface area contributed by atoms with Crippen molar-refractivity contribution < 1.29 is 29.3 Å². The number of aliphatic hydroxyl groups excluding tert-OH is 1. The van der Waals surface area contributed by atoms with Gasteiger partial charge in [0.05, 0.1) is 24.8 Å². The van der Waals surface area contributed by atoms with Gasteiger partial charge in [0.15, 0.2) is 11.5 Å². The molecule has 0 saturated carbocycles. The summed E-state index contributed by atoms with van der Waals surface area (Å²) in [6.07, 6.45) is 0.830. The highest BCUT2D eigenvalue weighted by atomic mass is 16.5. The normalized spacial score (nSPS) is 17.1. The Kier molecular flexibility index (Phi) is 9.36. The molecule has 1 heterocycles. The van der Waals surface area contributed by atoms with Crippen LogP contribution in [0.15, 0.2) is 48.0 Å². The molecule has 194 valence electrons. The zero-order valence-corrected chi connectivity index (χ0v) is 21.5. The van der Waals surface area contributed by atoms with Crippen molar-refractivity contribution in [1.29, 1.82) is 0 Å². The number of aromatic hydroxyl groups is 1. The number of hydrogen-bond acceptors (Lipinski definition) is 7. The van der Waals surface area contributed by atoms with Gasteiger partial charge in [0.25, 0.3) is 11.7 Å². The van der Waals surface area contributed by atoms with Crippen molar-refractivity contribution in [2.45, 2.75) is 40.2 Å². The summed E-state index contributed by atoms with van der Waals surface area (Å²) >= 11 is 0. The molecule has 0 bridgehead atoms. The van der Waals surface area contributed by atoms with Crippen LogP contribution in [0.2, 0.25) is 0 Å². The van der Waals surface area contributed by atoms with Gasteiger partial charge in [0.1, 0.15) is 11.5 Å². The number of hydrogen-bond donors (Lipinski definition) is 2. The van der Waals surface area contributed by atoms with E-state index >= 15 is 0 Å². The van der Waals surface area contributed by atoms with E-state index in [0.29, 0.717) is 43.2 Å². The van der Waals surface area contributed by atoms with E-state index in [-0.39, 0.29) is 22.8 Å². The molecule has 8 heteroatoms. The van der Waals surface area contributed by atoms with Gasteiger partial charge >= 0.3 is 0 Å². The van der Waals surface area contributed by atoms with Gasteiger partial charge in [-0.1, -0.05) is 39.0 Å². The molecule has 0 aliphatic carbocycles. The number of likely N-dealkylation sites (N-methyl/N-ethyl adjacent to an activating group) is 1. The molecule has 2 aromatic rings. The number of carbonyl (C=O) groups excluding carboxylic acids is 2. The Bertz CT molecular complexity index is 1110. The molecule has 1 atom stereocenters. The number of benzene rings is 2. The average Bonchev–Trinajstić information content (AvgIpc) is 3.14. The molecule has 8 nitrogen and oxygen atoms in total. The third kappa shape index (κ3) is 5.82. The van der Waals surface area contributed by atoms with Crippen LogP contribution in [0.1, 0.15) is 51.3 Å². The summed E-state index contributed by atoms with van der Waals surface area (Å²) in [5.41, 5.74) is 0.953. The molecular weight excluding hydrogens is 460 g/mol. The van der Waals surface area contributed by atoms with Gasteiger partial charge in [-0.25, -0.2) is 0 Å². The average molecular weight is 497 g/mol. The lowest BCUT2D eigenvalue weighted by molar-refractivity contribution is -0.140. The standard InChI is InChI=1S/C28H36N2O6/c1-5-16-36-21-11-9-10-20(17-21)26(32)24-25(19-12-13-22(31)23(18-19)35-8-4)30(28(34)27(24)33)15-14-29(6-2)7-3/h9-13,17-18,25,31-32H,5-8,14-16H2,1-4H3/b26-24+. The molecule has 1 aliphatic heterocycles. The van der Waals surface area contributed by atoms with Crippen molar-refractivity contribution in [2.24, 2.45) is 0 Å². The number of Topliss-reactive ketones (excluding diaryl/α,β-unsaturated/α-hetero) is 1. The smallest absolute Gasteiger partial charge is 0.295 e. The van der Waals surface area contributed by atoms with E-state index < -0.39 is 17.7 Å². The Morgan fingerprint density at radius 1 is 1.03 bits per heavy atom. The Morgan fingerprint density at radius 2 is 1.78 bits per heavy atom. The third-order valence-electron chi connectivity index (χ3n) is 6.27. The number of ketones is 1. The van der Waals surface area contributed by atoms with Gasteiger partial charge in [-0.3, -0.25) is 9.59 Å². The first-order chi connectivity index (χ1) is 17.4. The van der Waals surface area contributed by atoms with E-state index in [2.05, 4.69) is 4.90 Å². The van der Waals surface area contributed by atoms with Crippen molar-refractivity contribution in [2.75, 3.05) is 39.4 Å². The summed E-state index contributed by atoms with van der Waals surface area (Å²) in [7, 11) is 0. The highest BCUT2D eigenvalue weighted by Crippen LogP contribution is 2.42. The predicted molar refractivity (Wildman–Crippen MR) is 138 cm³/mol. The second kappa shape index (κ2) is 12.4. The monoisotopic (exact) mass is 496 g/mol. The van der Waals surface area contributed by atoms with Crippen LogP contribution in [-0.4, -0.2) is 71.1 Å². The zero-order chi connectivity index (χ0) is 26.2. The molecule has 1 unspecified atom stereocenters. The zero-order valence-electron chi connectivity index (χ0n) is 21.5. The molecule has 0 radical (unpaired) electrons. The van der Waals surface area contributed by atoms with Crippen LogP contribution in [0.3, 0.4) is 0 Å². The maximum Gasteiger partial charge on any atom is 0.295 e. The van der Waals surface area contributed by atoms with Crippen molar-refractivity contribution in [1.82, 2.24) is 9.80 Å². The molecule has 1 fully saturated rings. The number of amides is 1. The number of carbonyl (C=O) groups is 2. The number of nitrogens with zero attached hydrogens (tertiary/aromatic N) is 2. The van der Waals surface area contributed by atoms with E-state index in [1.54, 1.807) is 43.3 Å². The van der Waals surface area contributed by atoms with E-state index in [0.717, 1.165) is 19.5 Å². The van der Waals surface area contributed by atoms with E-state index in [1.807, 2.05) is 20.8 Å². The quantitative estimate of drug-likeness (QED) is 0.256. The number of phenols is 1. The first-order valence-corrected chi connectivity index (χ1v) is 12.6. The summed E-state index contributed by atoms with van der Waals surface area (Å²) in [6, 6.07) is 10.8. The molecule has 1 amide bonds. The minimum atomic E-state index is -0.833. The lowest BCUT2D eigenvalue weighted by Gasteiger charge is -2.28. The van der Waals surface area contributed by atoms with Gasteiger partial charge < -0.3 is 29.5 Å². The molecule has 3 rings (SSSR count). The van der Waals surface area contributed by atoms with Gasteiger partial charge in [-0.2, -0.15) is 0 Å². The first kappa shape index (κ1) is 27.1. The molecule has 1 aliphatic rings. The Hall–Kier alpha value is -3.52. The second-order valence-electron chi connectivity index (χ2n) is 8.56. The summed E-state index contributed by atoms with van der Waals surface area (Å²) in [5.74, 6) is -0.907. The van der Waals surface area contributed by atoms with Crippen LogP contribution in [0.25, 0.3) is 5.76 Å². The Labute approximate surface area is 212 Å². The highest BCUT2D eigenvalue weighted by molar-refractivity contribution is 6.46. The maximum atomic E-state index is 13.3.